The lowest BCUT2D eigenvalue weighted by Crippen LogP contribution is -2.34. The molecule has 194 valence electrons. The lowest BCUT2D eigenvalue weighted by Gasteiger charge is -2.25. The summed E-state index contributed by atoms with van der Waals surface area (Å²) in [7, 11) is 1.37. The Morgan fingerprint density at radius 3 is 2.53 bits per heavy atom. The number of esters is 1. The number of nitrogens with zero attached hydrogens (tertiary/aromatic N) is 1. The summed E-state index contributed by atoms with van der Waals surface area (Å²) in [4.78, 5) is 16.8. The summed E-state index contributed by atoms with van der Waals surface area (Å²) in [6.07, 6.45) is 1.91. The van der Waals surface area contributed by atoms with Crippen LogP contribution in [0.2, 0.25) is 0 Å². The molecule has 1 unspecified atom stereocenters. The first-order valence-corrected chi connectivity index (χ1v) is 12.5. The number of fused-ring (bicyclic) bond motifs is 1. The van der Waals surface area contributed by atoms with E-state index in [1.54, 1.807) is 12.1 Å². The Hall–Kier alpha value is -2.87. The molecule has 2 aromatic carbocycles. The molecule has 8 heteroatoms. The maximum Gasteiger partial charge on any atom is 0.416 e. The van der Waals surface area contributed by atoms with Crippen molar-refractivity contribution in [1.29, 1.82) is 0 Å². The Bertz CT molecular complexity index is 1110. The van der Waals surface area contributed by atoms with Gasteiger partial charge in [0.05, 0.1) is 24.9 Å². The highest BCUT2D eigenvalue weighted by atomic mass is 19.4. The number of hydrogen-bond donors (Lipinski definition) is 1. The van der Waals surface area contributed by atoms with Crippen molar-refractivity contribution >= 4 is 11.7 Å². The average Bonchev–Trinajstić information content (AvgIpc) is 3.29. The maximum atomic E-state index is 13.8. The number of oxime groups is 1. The second kappa shape index (κ2) is 11.5. The Kier molecular flexibility index (Phi) is 8.34. The van der Waals surface area contributed by atoms with Gasteiger partial charge in [-0.3, -0.25) is 4.79 Å². The zero-order valence-corrected chi connectivity index (χ0v) is 20.8. The van der Waals surface area contributed by atoms with E-state index < -0.39 is 11.7 Å². The number of ether oxygens (including phenoxy) is 1. The van der Waals surface area contributed by atoms with E-state index in [0.717, 1.165) is 50.5 Å². The lowest BCUT2D eigenvalue weighted by molar-refractivity contribution is -0.140. The van der Waals surface area contributed by atoms with Gasteiger partial charge in [-0.2, -0.15) is 13.2 Å². The highest BCUT2D eigenvalue weighted by Gasteiger charge is 2.35. The number of carbonyl (C=O) groups is 1. The Balaban J connectivity index is 1.39. The van der Waals surface area contributed by atoms with Crippen molar-refractivity contribution in [3.8, 4) is 0 Å². The first-order chi connectivity index (χ1) is 17.2. The highest BCUT2D eigenvalue weighted by Crippen LogP contribution is 2.41. The Labute approximate surface area is 210 Å². The van der Waals surface area contributed by atoms with E-state index in [1.165, 1.54) is 24.3 Å². The number of carbonyl (C=O) groups excluding carboxylic acids is 1. The van der Waals surface area contributed by atoms with Crippen LogP contribution in [0.3, 0.4) is 0 Å². The molecule has 2 aliphatic rings. The third-order valence-corrected chi connectivity index (χ3v) is 7.22. The molecule has 2 aromatic rings. The number of alkyl halides is 3. The van der Waals surface area contributed by atoms with Crippen molar-refractivity contribution in [3.05, 3.63) is 69.8 Å². The van der Waals surface area contributed by atoms with E-state index in [2.05, 4.69) is 21.3 Å². The number of hydrogen-bond acceptors (Lipinski definition) is 5. The molecule has 0 bridgehead atoms. The summed E-state index contributed by atoms with van der Waals surface area (Å²) in [5, 5.41) is 7.38. The third-order valence-electron chi connectivity index (χ3n) is 7.22. The lowest BCUT2D eigenvalue weighted by atomic mass is 9.81. The molecule has 5 nitrogen and oxygen atoms in total. The van der Waals surface area contributed by atoms with Crippen molar-refractivity contribution in [2.75, 3.05) is 13.7 Å². The highest BCUT2D eigenvalue weighted by molar-refractivity contribution is 5.98. The predicted octanol–water partition coefficient (Wildman–Crippen LogP) is 5.92. The minimum absolute atomic E-state index is 0.0271. The molecule has 1 atom stereocenters. The predicted molar refractivity (Wildman–Crippen MR) is 132 cm³/mol. The maximum absolute atomic E-state index is 13.8. The van der Waals surface area contributed by atoms with Crippen LogP contribution in [0.4, 0.5) is 13.2 Å². The van der Waals surface area contributed by atoms with Gasteiger partial charge in [0, 0.05) is 6.04 Å². The van der Waals surface area contributed by atoms with Crippen LogP contribution >= 0.6 is 0 Å². The number of nitrogens with one attached hydrogen (secondary N) is 1. The van der Waals surface area contributed by atoms with Crippen LogP contribution in [0.1, 0.15) is 78.3 Å². The van der Waals surface area contributed by atoms with Crippen LogP contribution in [-0.4, -0.2) is 31.4 Å². The summed E-state index contributed by atoms with van der Waals surface area (Å²) in [5.74, 6) is -0.321. The normalized spacial score (nSPS) is 18.7. The van der Waals surface area contributed by atoms with Gasteiger partial charge in [0.25, 0.3) is 0 Å². The largest absolute Gasteiger partial charge is 0.468 e. The van der Waals surface area contributed by atoms with Gasteiger partial charge in [-0.15, -0.1) is 0 Å². The Morgan fingerprint density at radius 2 is 1.81 bits per heavy atom. The van der Waals surface area contributed by atoms with Crippen LogP contribution in [0, 0.1) is 0 Å². The zero-order chi connectivity index (χ0) is 25.7. The number of benzene rings is 2. The van der Waals surface area contributed by atoms with Crippen molar-refractivity contribution in [3.63, 3.8) is 0 Å². The van der Waals surface area contributed by atoms with Crippen molar-refractivity contribution in [1.82, 2.24) is 5.32 Å². The zero-order valence-electron chi connectivity index (χ0n) is 20.8. The molecule has 0 radical (unpaired) electrons. The van der Waals surface area contributed by atoms with E-state index in [1.807, 2.05) is 19.1 Å². The number of methoxy groups -OCH3 is 1. The van der Waals surface area contributed by atoms with E-state index in [4.69, 9.17) is 4.84 Å². The molecule has 0 aliphatic heterocycles. The minimum atomic E-state index is -4.39. The van der Waals surface area contributed by atoms with Crippen molar-refractivity contribution in [2.45, 2.75) is 76.6 Å². The average molecular weight is 503 g/mol. The third kappa shape index (κ3) is 6.46. The van der Waals surface area contributed by atoms with E-state index in [-0.39, 0.29) is 31.1 Å². The van der Waals surface area contributed by atoms with Crippen LogP contribution in [0.5, 0.6) is 0 Å². The quantitative estimate of drug-likeness (QED) is 0.276. The molecule has 4 rings (SSSR count). The van der Waals surface area contributed by atoms with Crippen LogP contribution in [-0.2, 0) is 40.0 Å². The summed E-state index contributed by atoms with van der Waals surface area (Å²) < 4.78 is 46.1. The molecule has 0 aromatic heterocycles. The fourth-order valence-corrected chi connectivity index (χ4v) is 5.25. The molecule has 1 N–H and O–H groups in total. The smallest absolute Gasteiger partial charge is 0.416 e. The van der Waals surface area contributed by atoms with Gasteiger partial charge in [0.1, 0.15) is 6.61 Å². The second-order valence-electron chi connectivity index (χ2n) is 9.75. The van der Waals surface area contributed by atoms with Crippen molar-refractivity contribution < 1.29 is 27.5 Å². The van der Waals surface area contributed by atoms with Crippen molar-refractivity contribution in [2.24, 2.45) is 5.16 Å². The fraction of sp³-hybridized carbons (Fsp3) is 0.500. The van der Waals surface area contributed by atoms with Gasteiger partial charge in [-0.1, -0.05) is 48.7 Å². The van der Waals surface area contributed by atoms with E-state index >= 15 is 0 Å². The standard InChI is InChI=1S/C28H33F3N2O3/c1-18(21-9-10-22-14-24(15-23(22)13-21)32-16-27(34)35-2)33-36-17-19-8-11-25(20-6-4-3-5-7-20)26(12-19)28(29,30)31/h8-13,20,24,32H,3-7,14-17H2,1-2H3/b33-18+. The molecule has 0 spiro atoms. The van der Waals surface area contributed by atoms with Gasteiger partial charge in [-0.05, 0) is 78.5 Å². The van der Waals surface area contributed by atoms with Crippen LogP contribution in [0.25, 0.3) is 0 Å². The first kappa shape index (κ1) is 26.2. The first-order valence-electron chi connectivity index (χ1n) is 12.5. The summed E-state index contributed by atoms with van der Waals surface area (Å²) in [5.41, 5.74) is 4.25. The monoisotopic (exact) mass is 502 g/mol. The molecular weight excluding hydrogens is 469 g/mol. The Morgan fingerprint density at radius 1 is 1.06 bits per heavy atom. The van der Waals surface area contributed by atoms with Crippen LogP contribution < -0.4 is 5.32 Å². The van der Waals surface area contributed by atoms with Gasteiger partial charge in [-0.25, -0.2) is 0 Å². The van der Waals surface area contributed by atoms with Gasteiger partial charge in [0.15, 0.2) is 0 Å². The number of halogens is 3. The van der Waals surface area contributed by atoms with E-state index in [9.17, 15) is 18.0 Å². The molecular formula is C28H33F3N2O3. The fourth-order valence-electron chi connectivity index (χ4n) is 5.25. The molecule has 0 saturated heterocycles. The molecule has 36 heavy (non-hydrogen) atoms. The molecule has 1 fully saturated rings. The van der Waals surface area contributed by atoms with E-state index in [0.29, 0.717) is 16.8 Å². The molecule has 1 saturated carbocycles. The molecule has 2 aliphatic carbocycles. The number of rotatable bonds is 8. The second-order valence-corrected chi connectivity index (χ2v) is 9.75. The van der Waals surface area contributed by atoms with Crippen LogP contribution in [0.15, 0.2) is 41.6 Å². The van der Waals surface area contributed by atoms with Gasteiger partial charge >= 0.3 is 12.1 Å². The van der Waals surface area contributed by atoms with Gasteiger partial charge in [0.2, 0.25) is 0 Å². The minimum Gasteiger partial charge on any atom is -0.468 e. The van der Waals surface area contributed by atoms with Gasteiger partial charge < -0.3 is 14.9 Å². The summed E-state index contributed by atoms with van der Waals surface area (Å²) in [6, 6.07) is 10.8. The molecule has 0 heterocycles. The molecule has 0 amide bonds. The SMILES string of the molecule is COC(=O)CNC1Cc2ccc(/C(C)=N/OCc3ccc(C4CCCCC4)c(C(F)(F)F)c3)cc2C1. The summed E-state index contributed by atoms with van der Waals surface area (Å²) in [6.45, 7) is 1.96. The topological polar surface area (TPSA) is 59.9 Å². The summed E-state index contributed by atoms with van der Waals surface area (Å²) >= 11 is 0.